The summed E-state index contributed by atoms with van der Waals surface area (Å²) in [6, 6.07) is 10.8. The first-order chi connectivity index (χ1) is 16.2. The van der Waals surface area contributed by atoms with E-state index in [1.807, 2.05) is 0 Å². The van der Waals surface area contributed by atoms with Crippen LogP contribution in [-0.4, -0.2) is 63.7 Å². The van der Waals surface area contributed by atoms with Crippen LogP contribution in [0.25, 0.3) is 0 Å². The van der Waals surface area contributed by atoms with Gasteiger partial charge in [0.25, 0.3) is 0 Å². The topological polar surface area (TPSA) is 105 Å². The first kappa shape index (κ1) is 25.6. The Labute approximate surface area is 204 Å². The van der Waals surface area contributed by atoms with E-state index in [1.165, 1.54) is 18.9 Å². The van der Waals surface area contributed by atoms with Crippen LogP contribution >= 0.6 is 11.6 Å². The molecule has 0 aromatic heterocycles. The first-order valence-electron chi connectivity index (χ1n) is 10.8. The van der Waals surface area contributed by atoms with Gasteiger partial charge in [0.05, 0.1) is 11.4 Å². The molecule has 2 aromatic rings. The molecule has 3 rings (SSSR count). The monoisotopic (exact) mass is 509 g/mol. The van der Waals surface area contributed by atoms with Gasteiger partial charge in [0.2, 0.25) is 21.8 Å². The van der Waals surface area contributed by atoms with E-state index < -0.39 is 28.5 Å². The van der Waals surface area contributed by atoms with E-state index in [0.29, 0.717) is 35.3 Å². The van der Waals surface area contributed by atoms with Gasteiger partial charge in [-0.1, -0.05) is 23.7 Å². The molecular weight excluding hydrogens is 482 g/mol. The number of carbonyl (C=O) groups is 2. The van der Waals surface area contributed by atoms with Crippen molar-refractivity contribution >= 4 is 39.1 Å². The van der Waals surface area contributed by atoms with Crippen molar-refractivity contribution in [3.63, 3.8) is 0 Å². The second kappa shape index (κ2) is 11.0. The summed E-state index contributed by atoms with van der Waals surface area (Å²) >= 11 is 6.09. The van der Waals surface area contributed by atoms with Crippen molar-refractivity contribution in [3.05, 3.63) is 53.1 Å². The molecule has 9 nitrogen and oxygen atoms in total. The van der Waals surface area contributed by atoms with Gasteiger partial charge < -0.3 is 19.7 Å². The van der Waals surface area contributed by atoms with Crippen molar-refractivity contribution in [1.82, 2.24) is 10.2 Å². The highest BCUT2D eigenvalue weighted by atomic mass is 35.5. The number of hydrogen-bond acceptors (Lipinski definition) is 6. The number of amides is 2. The van der Waals surface area contributed by atoms with Crippen LogP contribution in [0.4, 0.5) is 5.69 Å². The summed E-state index contributed by atoms with van der Waals surface area (Å²) in [5.74, 6) is -0.218. The molecule has 0 fully saturated rings. The molecule has 2 aromatic carbocycles. The Morgan fingerprint density at radius 3 is 2.47 bits per heavy atom. The SMILES string of the molecule is CCS(=O)(=O)N(CC(=O)N(Cc1cccc(Cl)c1)[C@@H](C)C(=O)NC)c1ccc2c(c1)OCCO2. The molecule has 0 spiro atoms. The van der Waals surface area contributed by atoms with Crippen molar-refractivity contribution in [2.45, 2.75) is 26.4 Å². The van der Waals surface area contributed by atoms with E-state index in [0.717, 1.165) is 4.31 Å². The highest BCUT2D eigenvalue weighted by Gasteiger charge is 2.31. The van der Waals surface area contributed by atoms with Gasteiger partial charge in [-0.15, -0.1) is 0 Å². The molecule has 0 bridgehead atoms. The highest BCUT2D eigenvalue weighted by molar-refractivity contribution is 7.92. The van der Waals surface area contributed by atoms with Crippen molar-refractivity contribution < 1.29 is 27.5 Å². The zero-order valence-corrected chi connectivity index (χ0v) is 20.9. The highest BCUT2D eigenvalue weighted by Crippen LogP contribution is 2.35. The normalized spacial score (nSPS) is 13.6. The van der Waals surface area contributed by atoms with Gasteiger partial charge in [0.15, 0.2) is 11.5 Å². The molecule has 1 heterocycles. The summed E-state index contributed by atoms with van der Waals surface area (Å²) in [5, 5.41) is 3.03. The minimum atomic E-state index is -3.83. The molecule has 1 aliphatic rings. The quantitative estimate of drug-likeness (QED) is 0.556. The summed E-state index contributed by atoms with van der Waals surface area (Å²) in [5.41, 5.74) is 0.982. The number of nitrogens with zero attached hydrogens (tertiary/aromatic N) is 2. The van der Waals surface area contributed by atoms with Crippen LogP contribution < -0.4 is 19.1 Å². The second-order valence-electron chi connectivity index (χ2n) is 7.68. The average molecular weight is 510 g/mol. The van der Waals surface area contributed by atoms with Gasteiger partial charge in [-0.2, -0.15) is 0 Å². The molecule has 34 heavy (non-hydrogen) atoms. The molecule has 0 saturated carbocycles. The second-order valence-corrected chi connectivity index (χ2v) is 10.3. The number of likely N-dealkylation sites (N-methyl/N-ethyl adjacent to an activating group) is 1. The van der Waals surface area contributed by atoms with Gasteiger partial charge in [0.1, 0.15) is 25.8 Å². The van der Waals surface area contributed by atoms with E-state index in [-0.39, 0.29) is 23.9 Å². The van der Waals surface area contributed by atoms with E-state index >= 15 is 0 Å². The third-order valence-corrected chi connectivity index (χ3v) is 7.43. The Hall–Kier alpha value is -2.98. The van der Waals surface area contributed by atoms with Crippen LogP contribution in [0.3, 0.4) is 0 Å². The standard InChI is InChI=1S/C23H28ClN3O6S/c1-4-34(30,31)27(19-8-9-20-21(13-19)33-11-10-32-20)15-22(28)26(16(2)23(29)25-3)14-17-6-5-7-18(24)12-17/h5-9,12-13,16H,4,10-11,14-15H2,1-3H3,(H,25,29)/t16-/m0/s1. The summed E-state index contributed by atoms with van der Waals surface area (Å²) in [6.07, 6.45) is 0. The third-order valence-electron chi connectivity index (χ3n) is 5.45. The van der Waals surface area contributed by atoms with E-state index in [9.17, 15) is 18.0 Å². The fourth-order valence-corrected chi connectivity index (χ4v) is 4.80. The fraction of sp³-hybridized carbons (Fsp3) is 0.391. The molecule has 1 N–H and O–H groups in total. The van der Waals surface area contributed by atoms with Gasteiger partial charge in [-0.05, 0) is 43.7 Å². The third kappa shape index (κ3) is 5.92. The fourth-order valence-electron chi connectivity index (χ4n) is 3.53. The Morgan fingerprint density at radius 2 is 1.82 bits per heavy atom. The molecule has 1 atom stereocenters. The molecule has 0 unspecified atom stereocenters. The van der Waals surface area contributed by atoms with Crippen LogP contribution in [0.1, 0.15) is 19.4 Å². The zero-order chi connectivity index (χ0) is 24.9. The molecular formula is C23H28ClN3O6S. The summed E-state index contributed by atoms with van der Waals surface area (Å²) in [6.45, 7) is 3.42. The molecule has 11 heteroatoms. The molecule has 0 aliphatic carbocycles. The van der Waals surface area contributed by atoms with Gasteiger partial charge in [-0.3, -0.25) is 13.9 Å². The summed E-state index contributed by atoms with van der Waals surface area (Å²) < 4.78 is 38.1. The zero-order valence-electron chi connectivity index (χ0n) is 19.3. The maximum Gasteiger partial charge on any atom is 0.244 e. The molecule has 184 valence electrons. The number of rotatable bonds is 9. The van der Waals surface area contributed by atoms with E-state index in [4.69, 9.17) is 21.1 Å². The smallest absolute Gasteiger partial charge is 0.244 e. The number of sulfonamides is 1. The molecule has 0 radical (unpaired) electrons. The lowest BCUT2D eigenvalue weighted by Crippen LogP contribution is -2.51. The van der Waals surface area contributed by atoms with Crippen LogP contribution in [0, 0.1) is 0 Å². The summed E-state index contributed by atoms with van der Waals surface area (Å²) in [7, 11) is -2.36. The number of ether oxygens (including phenoxy) is 2. The minimum absolute atomic E-state index is 0.0785. The van der Waals surface area contributed by atoms with E-state index in [1.54, 1.807) is 49.4 Å². The van der Waals surface area contributed by atoms with Crippen LogP contribution in [0.2, 0.25) is 5.02 Å². The van der Waals surface area contributed by atoms with Crippen LogP contribution in [-0.2, 0) is 26.2 Å². The summed E-state index contributed by atoms with van der Waals surface area (Å²) in [4.78, 5) is 27.2. The molecule has 0 saturated heterocycles. The lowest BCUT2D eigenvalue weighted by molar-refractivity contribution is -0.139. The first-order valence-corrected chi connectivity index (χ1v) is 12.8. The maximum atomic E-state index is 13.5. The Balaban J connectivity index is 1.95. The van der Waals surface area contributed by atoms with Crippen molar-refractivity contribution in [2.75, 3.05) is 36.9 Å². The number of carbonyl (C=O) groups excluding carboxylic acids is 2. The lowest BCUT2D eigenvalue weighted by atomic mass is 10.1. The van der Waals surface area contributed by atoms with Gasteiger partial charge >= 0.3 is 0 Å². The lowest BCUT2D eigenvalue weighted by Gasteiger charge is -2.32. The number of anilines is 1. The molecule has 1 aliphatic heterocycles. The van der Waals surface area contributed by atoms with Crippen LogP contribution in [0.5, 0.6) is 11.5 Å². The largest absolute Gasteiger partial charge is 0.486 e. The number of fused-ring (bicyclic) bond motifs is 1. The predicted molar refractivity (Wildman–Crippen MR) is 130 cm³/mol. The molecule has 2 amide bonds. The van der Waals surface area contributed by atoms with Crippen molar-refractivity contribution in [2.24, 2.45) is 0 Å². The number of nitrogens with one attached hydrogen (secondary N) is 1. The number of hydrogen-bond donors (Lipinski definition) is 1. The van der Waals surface area contributed by atoms with Crippen molar-refractivity contribution in [1.29, 1.82) is 0 Å². The average Bonchev–Trinajstić information content (AvgIpc) is 2.84. The van der Waals surface area contributed by atoms with Gasteiger partial charge in [-0.25, -0.2) is 8.42 Å². The van der Waals surface area contributed by atoms with Gasteiger partial charge in [0, 0.05) is 24.7 Å². The Bertz CT molecular complexity index is 1160. The van der Waals surface area contributed by atoms with Crippen LogP contribution in [0.15, 0.2) is 42.5 Å². The minimum Gasteiger partial charge on any atom is -0.486 e. The predicted octanol–water partition coefficient (Wildman–Crippen LogP) is 2.43. The maximum absolute atomic E-state index is 13.5. The Kier molecular flexibility index (Phi) is 8.27. The number of halogens is 1. The van der Waals surface area contributed by atoms with E-state index in [2.05, 4.69) is 5.32 Å². The Morgan fingerprint density at radius 1 is 1.12 bits per heavy atom. The van der Waals surface area contributed by atoms with Crippen molar-refractivity contribution in [3.8, 4) is 11.5 Å². The number of benzene rings is 2.